The smallest absolute Gasteiger partial charge is 0.224 e. The van der Waals surface area contributed by atoms with E-state index in [1.807, 2.05) is 36.4 Å². The van der Waals surface area contributed by atoms with Crippen molar-refractivity contribution in [1.29, 1.82) is 0 Å². The zero-order chi connectivity index (χ0) is 17.5. The summed E-state index contributed by atoms with van der Waals surface area (Å²) in [6.07, 6.45) is 0.392. The molecule has 2 rings (SSSR count). The number of amides is 1. The van der Waals surface area contributed by atoms with Crippen LogP contribution in [-0.4, -0.2) is 17.6 Å². The van der Waals surface area contributed by atoms with Crippen molar-refractivity contribution in [3.05, 3.63) is 59.2 Å². The lowest BCUT2D eigenvalue weighted by atomic mass is 10.1. The summed E-state index contributed by atoms with van der Waals surface area (Å²) in [5, 5.41) is 12.6. The van der Waals surface area contributed by atoms with Gasteiger partial charge in [0.25, 0.3) is 0 Å². The number of aliphatic hydroxyl groups is 1. The van der Waals surface area contributed by atoms with Gasteiger partial charge in [0.2, 0.25) is 5.91 Å². The second kappa shape index (κ2) is 8.50. The number of aryl methyl sites for hydroxylation is 2. The van der Waals surface area contributed by atoms with Crippen LogP contribution >= 0.6 is 0 Å². The highest BCUT2D eigenvalue weighted by Gasteiger charge is 2.10. The molecule has 0 aliphatic heterocycles. The van der Waals surface area contributed by atoms with Crippen molar-refractivity contribution in [1.82, 2.24) is 0 Å². The Labute approximate surface area is 143 Å². The number of benzene rings is 2. The molecule has 4 heteroatoms. The average Bonchev–Trinajstić information content (AvgIpc) is 2.55. The third-order valence-corrected chi connectivity index (χ3v) is 3.98. The van der Waals surface area contributed by atoms with E-state index in [-0.39, 0.29) is 5.91 Å². The predicted molar refractivity (Wildman–Crippen MR) is 96.4 cm³/mol. The van der Waals surface area contributed by atoms with Crippen molar-refractivity contribution in [3.8, 4) is 5.75 Å². The maximum absolute atomic E-state index is 12.0. The maximum Gasteiger partial charge on any atom is 0.224 e. The largest absolute Gasteiger partial charge is 0.494 e. The molecule has 4 nitrogen and oxygen atoms in total. The van der Waals surface area contributed by atoms with E-state index in [0.29, 0.717) is 25.1 Å². The third-order valence-electron chi connectivity index (χ3n) is 3.98. The van der Waals surface area contributed by atoms with Gasteiger partial charge in [0.05, 0.1) is 12.7 Å². The van der Waals surface area contributed by atoms with E-state index in [9.17, 15) is 9.90 Å². The van der Waals surface area contributed by atoms with Crippen LogP contribution in [0.25, 0.3) is 0 Å². The van der Waals surface area contributed by atoms with Gasteiger partial charge in [0.15, 0.2) is 0 Å². The van der Waals surface area contributed by atoms with Crippen molar-refractivity contribution in [2.45, 2.75) is 39.7 Å². The molecule has 1 amide bonds. The zero-order valence-electron chi connectivity index (χ0n) is 14.5. The maximum atomic E-state index is 12.0. The van der Waals surface area contributed by atoms with Crippen LogP contribution in [0.1, 0.15) is 42.6 Å². The van der Waals surface area contributed by atoms with Crippen LogP contribution in [0.3, 0.4) is 0 Å². The normalized spacial score (nSPS) is 11.8. The van der Waals surface area contributed by atoms with Gasteiger partial charge in [-0.3, -0.25) is 4.79 Å². The van der Waals surface area contributed by atoms with Crippen molar-refractivity contribution >= 4 is 11.6 Å². The number of hydrogen-bond acceptors (Lipinski definition) is 3. The number of hydrogen-bond donors (Lipinski definition) is 2. The molecule has 1 unspecified atom stereocenters. The second-order valence-electron chi connectivity index (χ2n) is 6.01. The summed E-state index contributed by atoms with van der Waals surface area (Å²) in [5.74, 6) is 0.754. The summed E-state index contributed by atoms with van der Waals surface area (Å²) in [4.78, 5) is 12.0. The van der Waals surface area contributed by atoms with E-state index in [4.69, 9.17) is 4.74 Å². The third kappa shape index (κ3) is 5.10. The Morgan fingerprint density at radius 2 is 1.92 bits per heavy atom. The Balaban J connectivity index is 1.78. The van der Waals surface area contributed by atoms with Crippen LogP contribution in [0.4, 0.5) is 5.69 Å². The minimum Gasteiger partial charge on any atom is -0.494 e. The van der Waals surface area contributed by atoms with Crippen LogP contribution in [0.5, 0.6) is 5.75 Å². The molecule has 0 spiro atoms. The fourth-order valence-corrected chi connectivity index (χ4v) is 2.41. The molecule has 1 atom stereocenters. The lowest BCUT2D eigenvalue weighted by Gasteiger charge is -2.13. The van der Waals surface area contributed by atoms with Crippen molar-refractivity contribution in [2.75, 3.05) is 11.9 Å². The molecule has 24 heavy (non-hydrogen) atoms. The van der Waals surface area contributed by atoms with E-state index in [0.717, 1.165) is 11.3 Å². The van der Waals surface area contributed by atoms with Gasteiger partial charge in [-0.15, -0.1) is 0 Å². The Kier molecular flexibility index (Phi) is 6.38. The molecule has 0 saturated carbocycles. The quantitative estimate of drug-likeness (QED) is 0.751. The van der Waals surface area contributed by atoms with Crippen LogP contribution in [0.15, 0.2) is 42.5 Å². The minimum absolute atomic E-state index is 0.0770. The van der Waals surface area contributed by atoms with Gasteiger partial charge >= 0.3 is 0 Å². The van der Waals surface area contributed by atoms with E-state index in [2.05, 4.69) is 19.2 Å². The van der Waals surface area contributed by atoms with Gasteiger partial charge in [0, 0.05) is 17.7 Å². The molecule has 2 aromatic rings. The van der Waals surface area contributed by atoms with E-state index in [1.54, 1.807) is 13.0 Å². The van der Waals surface area contributed by atoms with Gasteiger partial charge < -0.3 is 15.2 Å². The second-order valence-corrected chi connectivity index (χ2v) is 6.01. The first kappa shape index (κ1) is 18.0. The molecule has 0 heterocycles. The lowest BCUT2D eigenvalue weighted by Crippen LogP contribution is -2.14. The number of carbonyl (C=O) groups excluding carboxylic acids is 1. The highest BCUT2D eigenvalue weighted by atomic mass is 16.5. The number of aliphatic hydroxyl groups excluding tert-OH is 1. The molecule has 0 aliphatic rings. The van der Waals surface area contributed by atoms with Crippen LogP contribution in [0.2, 0.25) is 0 Å². The summed E-state index contributed by atoms with van der Waals surface area (Å²) < 4.78 is 5.68. The number of anilines is 1. The summed E-state index contributed by atoms with van der Waals surface area (Å²) >= 11 is 0. The van der Waals surface area contributed by atoms with Gasteiger partial charge in [-0.2, -0.15) is 0 Å². The number of carbonyl (C=O) groups is 1. The topological polar surface area (TPSA) is 58.6 Å². The Morgan fingerprint density at radius 3 is 2.62 bits per heavy atom. The Hall–Kier alpha value is -2.33. The first-order chi connectivity index (χ1) is 11.5. The molecular formula is C20H25NO3. The molecular weight excluding hydrogens is 302 g/mol. The van der Waals surface area contributed by atoms with Crippen molar-refractivity contribution < 1.29 is 14.6 Å². The molecule has 128 valence electrons. The molecule has 0 saturated heterocycles. The number of para-hydroxylation sites is 1. The zero-order valence-corrected chi connectivity index (χ0v) is 14.5. The average molecular weight is 327 g/mol. The molecule has 2 N–H and O–H groups in total. The van der Waals surface area contributed by atoms with Crippen molar-refractivity contribution in [3.63, 3.8) is 0 Å². The van der Waals surface area contributed by atoms with Crippen LogP contribution in [0, 0.1) is 13.8 Å². The van der Waals surface area contributed by atoms with E-state index < -0.39 is 6.10 Å². The molecule has 0 bridgehead atoms. The van der Waals surface area contributed by atoms with E-state index in [1.165, 1.54) is 11.1 Å². The van der Waals surface area contributed by atoms with Gasteiger partial charge in [-0.05, 0) is 56.5 Å². The summed E-state index contributed by atoms with van der Waals surface area (Å²) in [6, 6.07) is 13.3. The first-order valence-corrected chi connectivity index (χ1v) is 8.24. The van der Waals surface area contributed by atoms with Gasteiger partial charge in [-0.1, -0.05) is 24.3 Å². The summed E-state index contributed by atoms with van der Waals surface area (Å²) in [6.45, 7) is 6.29. The van der Waals surface area contributed by atoms with Crippen LogP contribution < -0.4 is 10.1 Å². The number of ether oxygens (including phenoxy) is 1. The molecule has 0 radical (unpaired) electrons. The number of nitrogens with one attached hydrogen (secondary N) is 1. The predicted octanol–water partition coefficient (Wildman–Crippen LogP) is 4.15. The fraction of sp³-hybridized carbons (Fsp3) is 0.350. The van der Waals surface area contributed by atoms with E-state index >= 15 is 0 Å². The molecule has 0 aliphatic carbocycles. The van der Waals surface area contributed by atoms with Crippen LogP contribution in [-0.2, 0) is 4.79 Å². The SMILES string of the molecule is Cc1ccc(OCCCC(=O)Nc2ccccc2C(C)O)cc1C. The molecule has 2 aromatic carbocycles. The summed E-state index contributed by atoms with van der Waals surface area (Å²) in [5.41, 5.74) is 3.81. The standard InChI is InChI=1S/C20H25NO3/c1-14-10-11-17(13-15(14)2)24-12-6-9-20(23)21-19-8-5-4-7-18(19)16(3)22/h4-5,7-8,10-11,13,16,22H,6,9,12H2,1-3H3,(H,21,23). The van der Waals surface area contributed by atoms with Crippen molar-refractivity contribution in [2.24, 2.45) is 0 Å². The Bertz CT molecular complexity index is 695. The molecule has 0 fully saturated rings. The highest BCUT2D eigenvalue weighted by Crippen LogP contribution is 2.22. The lowest BCUT2D eigenvalue weighted by molar-refractivity contribution is -0.116. The van der Waals surface area contributed by atoms with Gasteiger partial charge in [-0.25, -0.2) is 0 Å². The highest BCUT2D eigenvalue weighted by molar-refractivity contribution is 5.91. The number of rotatable bonds is 7. The summed E-state index contributed by atoms with van der Waals surface area (Å²) in [7, 11) is 0. The monoisotopic (exact) mass is 327 g/mol. The fourth-order valence-electron chi connectivity index (χ4n) is 2.41. The molecule has 0 aromatic heterocycles. The Morgan fingerprint density at radius 1 is 1.17 bits per heavy atom. The first-order valence-electron chi connectivity index (χ1n) is 8.24. The van der Waals surface area contributed by atoms with Gasteiger partial charge in [0.1, 0.15) is 5.75 Å². The minimum atomic E-state index is -0.616.